The lowest BCUT2D eigenvalue weighted by Crippen LogP contribution is -2.39. The molecule has 1 atom stereocenters. The fourth-order valence-corrected chi connectivity index (χ4v) is 4.84. The number of hydrogen-bond donors (Lipinski definition) is 0. The average Bonchev–Trinajstić information content (AvgIpc) is 3.24. The Balaban J connectivity index is 1.60. The Bertz CT molecular complexity index is 1070. The molecule has 1 aliphatic rings. The Morgan fingerprint density at radius 3 is 2.69 bits per heavy atom. The van der Waals surface area contributed by atoms with Crippen LogP contribution in [-0.4, -0.2) is 39.6 Å². The number of Topliss-reactive ketones (excluding diaryl/α,β-unsaturated/α-hetero) is 1. The molecule has 0 unspecified atom stereocenters. The summed E-state index contributed by atoms with van der Waals surface area (Å²) in [6.07, 6.45) is 5.19. The van der Waals surface area contributed by atoms with E-state index in [-0.39, 0.29) is 17.6 Å². The summed E-state index contributed by atoms with van der Waals surface area (Å²) in [5.74, 6) is 0.0608. The minimum Gasteiger partial charge on any atom is -0.337 e. The van der Waals surface area contributed by atoms with Crippen molar-refractivity contribution < 1.29 is 9.59 Å². The summed E-state index contributed by atoms with van der Waals surface area (Å²) >= 11 is 7.67. The third-order valence-electron chi connectivity index (χ3n) is 5.17. The highest BCUT2D eigenvalue weighted by Gasteiger charge is 2.29. The second-order valence-corrected chi connectivity index (χ2v) is 8.60. The van der Waals surface area contributed by atoms with E-state index < -0.39 is 0 Å². The summed E-state index contributed by atoms with van der Waals surface area (Å²) in [7, 11) is 0. The second kappa shape index (κ2) is 8.43. The van der Waals surface area contributed by atoms with Crippen molar-refractivity contribution in [3.8, 4) is 11.1 Å². The first kappa shape index (κ1) is 19.7. The van der Waals surface area contributed by atoms with Gasteiger partial charge in [0, 0.05) is 41.4 Å². The van der Waals surface area contributed by atoms with Crippen molar-refractivity contribution in [1.29, 1.82) is 0 Å². The first-order valence-electron chi connectivity index (χ1n) is 9.49. The van der Waals surface area contributed by atoms with Gasteiger partial charge in [-0.3, -0.25) is 9.59 Å². The molecule has 1 aromatic carbocycles. The average molecular weight is 426 g/mol. The van der Waals surface area contributed by atoms with Crippen LogP contribution in [0.1, 0.15) is 50.7 Å². The first-order chi connectivity index (χ1) is 14.0. The molecule has 1 aliphatic heterocycles. The highest BCUT2D eigenvalue weighted by atomic mass is 35.5. The SMILES string of the molecule is CC(=O)c1ccc(C(=O)N2CCC[C@H](c3ncncc3-c3ccccc3Cl)C2)s1. The lowest BCUT2D eigenvalue weighted by molar-refractivity contribution is 0.0711. The van der Waals surface area contributed by atoms with Crippen LogP contribution in [0.3, 0.4) is 0 Å². The Morgan fingerprint density at radius 2 is 1.93 bits per heavy atom. The van der Waals surface area contributed by atoms with Gasteiger partial charge in [0.2, 0.25) is 0 Å². The van der Waals surface area contributed by atoms with Gasteiger partial charge >= 0.3 is 0 Å². The third-order valence-corrected chi connectivity index (χ3v) is 6.67. The van der Waals surface area contributed by atoms with Crippen LogP contribution in [-0.2, 0) is 0 Å². The molecule has 0 bridgehead atoms. The quantitative estimate of drug-likeness (QED) is 0.547. The van der Waals surface area contributed by atoms with Crippen LogP contribution in [0, 0.1) is 0 Å². The van der Waals surface area contributed by atoms with Gasteiger partial charge in [0.05, 0.1) is 15.4 Å². The van der Waals surface area contributed by atoms with Crippen LogP contribution in [0.25, 0.3) is 11.1 Å². The maximum absolute atomic E-state index is 13.0. The fourth-order valence-electron chi connectivity index (χ4n) is 3.73. The standard InChI is InChI=1S/C22H20ClN3O2S/c1-14(27)19-8-9-20(29-19)22(28)26-10-4-5-15(12-26)21-17(11-24-13-25-21)16-6-2-3-7-18(16)23/h2-3,6-9,11,13,15H,4-5,10,12H2,1H3/t15-/m0/s1. The molecule has 4 rings (SSSR count). The van der Waals surface area contributed by atoms with E-state index in [9.17, 15) is 9.59 Å². The Kier molecular flexibility index (Phi) is 5.74. The topological polar surface area (TPSA) is 63.2 Å². The van der Waals surface area contributed by atoms with E-state index in [2.05, 4.69) is 9.97 Å². The van der Waals surface area contributed by atoms with Crippen molar-refractivity contribution in [1.82, 2.24) is 14.9 Å². The molecule has 29 heavy (non-hydrogen) atoms. The lowest BCUT2D eigenvalue weighted by atomic mass is 9.90. The van der Waals surface area contributed by atoms with E-state index in [1.165, 1.54) is 18.3 Å². The molecule has 0 N–H and O–H groups in total. The predicted octanol–water partition coefficient (Wildman–Crippen LogP) is 5.08. The second-order valence-electron chi connectivity index (χ2n) is 7.11. The van der Waals surface area contributed by atoms with Gasteiger partial charge < -0.3 is 4.90 Å². The molecule has 1 saturated heterocycles. The number of carbonyl (C=O) groups is 2. The number of likely N-dealkylation sites (tertiary alicyclic amines) is 1. The van der Waals surface area contributed by atoms with E-state index in [1.807, 2.05) is 29.2 Å². The molecule has 0 aliphatic carbocycles. The number of aromatic nitrogens is 2. The molecule has 5 nitrogen and oxygen atoms in total. The highest BCUT2D eigenvalue weighted by molar-refractivity contribution is 7.15. The van der Waals surface area contributed by atoms with E-state index in [0.717, 1.165) is 29.7 Å². The molecule has 7 heteroatoms. The van der Waals surface area contributed by atoms with Gasteiger partial charge in [-0.15, -0.1) is 11.3 Å². The number of halogens is 1. The van der Waals surface area contributed by atoms with Crippen LogP contribution in [0.15, 0.2) is 48.9 Å². The molecule has 2 aromatic heterocycles. The monoisotopic (exact) mass is 425 g/mol. The summed E-state index contributed by atoms with van der Waals surface area (Å²) in [5, 5.41) is 0.655. The Morgan fingerprint density at radius 1 is 1.14 bits per heavy atom. The van der Waals surface area contributed by atoms with Gasteiger partial charge in [-0.2, -0.15) is 0 Å². The minimum absolute atomic E-state index is 0.0177. The number of carbonyl (C=O) groups excluding carboxylic acids is 2. The summed E-state index contributed by atoms with van der Waals surface area (Å²) in [4.78, 5) is 36.4. The van der Waals surface area contributed by atoms with Gasteiger partial charge in [-0.25, -0.2) is 9.97 Å². The largest absolute Gasteiger partial charge is 0.337 e. The fraction of sp³-hybridized carbons (Fsp3) is 0.273. The number of ketones is 1. The number of amides is 1. The third kappa shape index (κ3) is 4.09. The maximum Gasteiger partial charge on any atom is 0.263 e. The van der Waals surface area contributed by atoms with Gasteiger partial charge in [0.1, 0.15) is 6.33 Å². The summed E-state index contributed by atoms with van der Waals surface area (Å²) in [5.41, 5.74) is 2.73. The number of hydrogen-bond acceptors (Lipinski definition) is 5. The van der Waals surface area contributed by atoms with E-state index in [0.29, 0.717) is 27.9 Å². The van der Waals surface area contributed by atoms with Crippen LogP contribution in [0.4, 0.5) is 0 Å². The van der Waals surface area contributed by atoms with Crippen LogP contribution >= 0.6 is 22.9 Å². The van der Waals surface area contributed by atoms with Crippen molar-refractivity contribution in [2.75, 3.05) is 13.1 Å². The minimum atomic E-state index is -0.0273. The molecule has 0 spiro atoms. The molecule has 148 valence electrons. The number of piperidine rings is 1. The molecule has 0 radical (unpaired) electrons. The van der Waals surface area contributed by atoms with Crippen molar-refractivity contribution in [2.45, 2.75) is 25.7 Å². The molecule has 1 fully saturated rings. The molecular weight excluding hydrogens is 406 g/mol. The number of rotatable bonds is 4. The highest BCUT2D eigenvalue weighted by Crippen LogP contribution is 2.36. The molecule has 3 heterocycles. The first-order valence-corrected chi connectivity index (χ1v) is 10.7. The van der Waals surface area contributed by atoms with Crippen LogP contribution in [0.2, 0.25) is 5.02 Å². The Hall–Kier alpha value is -2.57. The normalized spacial score (nSPS) is 16.6. The zero-order valence-corrected chi connectivity index (χ0v) is 17.5. The zero-order valence-electron chi connectivity index (χ0n) is 16.0. The van der Waals surface area contributed by atoms with Crippen molar-refractivity contribution >= 4 is 34.6 Å². The maximum atomic E-state index is 13.0. The summed E-state index contributed by atoms with van der Waals surface area (Å²) in [6.45, 7) is 2.80. The van der Waals surface area contributed by atoms with E-state index in [1.54, 1.807) is 24.7 Å². The molecular formula is C22H20ClN3O2S. The molecule has 3 aromatic rings. The number of thiophene rings is 1. The smallest absolute Gasteiger partial charge is 0.263 e. The van der Waals surface area contributed by atoms with Crippen molar-refractivity contribution in [2.24, 2.45) is 0 Å². The van der Waals surface area contributed by atoms with Gasteiger partial charge in [0.15, 0.2) is 5.78 Å². The zero-order chi connectivity index (χ0) is 20.4. The number of benzene rings is 1. The summed E-state index contributed by atoms with van der Waals surface area (Å²) in [6, 6.07) is 11.1. The number of nitrogens with zero attached hydrogens (tertiary/aromatic N) is 3. The van der Waals surface area contributed by atoms with E-state index in [4.69, 9.17) is 11.6 Å². The van der Waals surface area contributed by atoms with Crippen LogP contribution in [0.5, 0.6) is 0 Å². The lowest BCUT2D eigenvalue weighted by Gasteiger charge is -2.33. The molecule has 1 amide bonds. The predicted molar refractivity (Wildman–Crippen MR) is 115 cm³/mol. The van der Waals surface area contributed by atoms with Gasteiger partial charge in [-0.05, 0) is 38.0 Å². The molecule has 0 saturated carbocycles. The van der Waals surface area contributed by atoms with Crippen molar-refractivity contribution in [3.05, 3.63) is 69.4 Å². The van der Waals surface area contributed by atoms with Gasteiger partial charge in [-0.1, -0.05) is 29.8 Å². The Labute approximate surface area is 178 Å². The van der Waals surface area contributed by atoms with Gasteiger partial charge in [0.25, 0.3) is 5.91 Å². The van der Waals surface area contributed by atoms with E-state index >= 15 is 0 Å². The van der Waals surface area contributed by atoms with Crippen molar-refractivity contribution in [3.63, 3.8) is 0 Å². The summed E-state index contributed by atoms with van der Waals surface area (Å²) < 4.78 is 0. The van der Waals surface area contributed by atoms with Crippen LogP contribution < -0.4 is 0 Å².